The van der Waals surface area contributed by atoms with E-state index in [0.717, 1.165) is 11.1 Å². The highest BCUT2D eigenvalue weighted by Crippen LogP contribution is 2.25. The van der Waals surface area contributed by atoms with Crippen molar-refractivity contribution in [3.8, 4) is 0 Å². The predicted molar refractivity (Wildman–Crippen MR) is 140 cm³/mol. The lowest BCUT2D eigenvalue weighted by atomic mass is 9.91. The van der Waals surface area contributed by atoms with E-state index in [2.05, 4.69) is 20.6 Å². The number of aromatic amines is 1. The van der Waals surface area contributed by atoms with Crippen LogP contribution in [0.15, 0.2) is 36.8 Å². The van der Waals surface area contributed by atoms with E-state index in [0.29, 0.717) is 24.3 Å². The van der Waals surface area contributed by atoms with Gasteiger partial charge < -0.3 is 25.3 Å². The first-order valence-electron chi connectivity index (χ1n) is 12.3. The molecule has 0 bridgehead atoms. The molecule has 3 amide bonds. The molecular formula is C26H35N5O5S. The maximum atomic E-state index is 13.9. The first-order valence-corrected chi connectivity index (χ1v) is 13.7. The fourth-order valence-corrected chi connectivity index (χ4v) is 4.83. The highest BCUT2D eigenvalue weighted by atomic mass is 32.2. The second kappa shape index (κ2) is 13.3. The van der Waals surface area contributed by atoms with Crippen LogP contribution in [0.1, 0.15) is 37.1 Å². The van der Waals surface area contributed by atoms with E-state index in [9.17, 15) is 19.2 Å². The van der Waals surface area contributed by atoms with Gasteiger partial charge in [-0.3, -0.25) is 14.4 Å². The number of methoxy groups -OCH3 is 1. The second-order valence-electron chi connectivity index (χ2n) is 9.36. The van der Waals surface area contributed by atoms with Crippen LogP contribution in [0.5, 0.6) is 0 Å². The van der Waals surface area contributed by atoms with E-state index in [-0.39, 0.29) is 30.7 Å². The highest BCUT2D eigenvalue weighted by molar-refractivity contribution is 7.98. The molecule has 2 aromatic rings. The fourth-order valence-electron chi connectivity index (χ4n) is 4.35. The molecule has 1 aliphatic heterocycles. The molecule has 0 fully saturated rings. The first kappa shape index (κ1) is 28.2. The summed E-state index contributed by atoms with van der Waals surface area (Å²) in [6.45, 7) is 3.92. The molecule has 2 heterocycles. The molecule has 1 aromatic carbocycles. The summed E-state index contributed by atoms with van der Waals surface area (Å²) in [5.74, 6) is -1.18. The number of carbonyl (C=O) groups excluding carboxylic acids is 4. The molecule has 3 rings (SSSR count). The number of nitrogens with zero attached hydrogens (tertiary/aromatic N) is 2. The number of fused-ring (bicyclic) bond motifs is 1. The molecule has 0 aliphatic carbocycles. The number of H-pyrrole nitrogens is 1. The van der Waals surface area contributed by atoms with Crippen molar-refractivity contribution in [2.45, 2.75) is 57.8 Å². The zero-order valence-corrected chi connectivity index (χ0v) is 22.5. The van der Waals surface area contributed by atoms with Crippen LogP contribution in [0.25, 0.3) is 0 Å². The molecule has 1 aromatic heterocycles. The summed E-state index contributed by atoms with van der Waals surface area (Å²) in [5.41, 5.74) is 2.55. The lowest BCUT2D eigenvalue weighted by Crippen LogP contribution is -2.60. The number of rotatable bonds is 11. The number of ether oxygens (including phenoxy) is 1. The van der Waals surface area contributed by atoms with Gasteiger partial charge in [0.15, 0.2) is 0 Å². The Morgan fingerprint density at radius 2 is 1.92 bits per heavy atom. The number of esters is 1. The Labute approximate surface area is 221 Å². The molecule has 1 aliphatic rings. The fraction of sp³-hybridized carbons (Fsp3) is 0.500. The van der Waals surface area contributed by atoms with E-state index < -0.39 is 30.0 Å². The Balaban J connectivity index is 1.84. The minimum Gasteiger partial charge on any atom is -0.467 e. The van der Waals surface area contributed by atoms with Gasteiger partial charge in [-0.05, 0) is 35.5 Å². The molecule has 0 saturated carbocycles. The van der Waals surface area contributed by atoms with Gasteiger partial charge in [0.2, 0.25) is 17.7 Å². The zero-order valence-electron chi connectivity index (χ0n) is 21.7. The van der Waals surface area contributed by atoms with Crippen LogP contribution in [-0.4, -0.2) is 75.8 Å². The van der Waals surface area contributed by atoms with Gasteiger partial charge >= 0.3 is 5.97 Å². The summed E-state index contributed by atoms with van der Waals surface area (Å²) < 4.78 is 4.89. The molecule has 0 spiro atoms. The number of benzene rings is 1. The number of hydrogen-bond donors (Lipinski definition) is 3. The number of imidazole rings is 1. The Kier molecular flexibility index (Phi) is 10.1. The summed E-state index contributed by atoms with van der Waals surface area (Å²) >= 11 is 1.56. The molecule has 200 valence electrons. The average Bonchev–Trinajstić information content (AvgIpc) is 3.40. The number of thioether (sulfide) groups is 1. The monoisotopic (exact) mass is 529 g/mol. The Bertz CT molecular complexity index is 1090. The van der Waals surface area contributed by atoms with Crippen molar-refractivity contribution in [3.63, 3.8) is 0 Å². The predicted octanol–water partition coefficient (Wildman–Crippen LogP) is 1.46. The summed E-state index contributed by atoms with van der Waals surface area (Å²) in [5, 5.41) is 5.65. The summed E-state index contributed by atoms with van der Waals surface area (Å²) in [6.07, 6.45) is 5.73. The van der Waals surface area contributed by atoms with Crippen molar-refractivity contribution in [2.24, 2.45) is 5.92 Å². The van der Waals surface area contributed by atoms with Gasteiger partial charge in [0.1, 0.15) is 18.1 Å². The van der Waals surface area contributed by atoms with Gasteiger partial charge in [-0.1, -0.05) is 38.1 Å². The number of hydrogen-bond acceptors (Lipinski definition) is 7. The maximum absolute atomic E-state index is 13.9. The standard InChI is InChI=1S/C26H35N5O5S/c1-16(2)23(30-22(32)12-19-13-27-15-28-19)25(34)31-14-18-8-6-5-7-17(18)11-21(31)24(33)29-20(9-10-37-4)26(35)36-3/h5-8,13,15-16,20-21,23H,9-12,14H2,1-4H3,(H,27,28)(H,29,33)(H,30,32)/t20-,21-,23-/m0/s1. The van der Waals surface area contributed by atoms with Gasteiger partial charge in [0, 0.05) is 24.9 Å². The van der Waals surface area contributed by atoms with Gasteiger partial charge in [-0.25, -0.2) is 9.78 Å². The van der Waals surface area contributed by atoms with Crippen molar-refractivity contribution in [1.82, 2.24) is 25.5 Å². The molecule has 3 atom stereocenters. The smallest absolute Gasteiger partial charge is 0.328 e. The van der Waals surface area contributed by atoms with Crippen LogP contribution in [-0.2, 0) is 43.3 Å². The maximum Gasteiger partial charge on any atom is 0.328 e. The van der Waals surface area contributed by atoms with Crippen LogP contribution in [0.4, 0.5) is 0 Å². The van der Waals surface area contributed by atoms with Crippen molar-refractivity contribution < 1.29 is 23.9 Å². The van der Waals surface area contributed by atoms with E-state index in [4.69, 9.17) is 4.74 Å². The lowest BCUT2D eigenvalue weighted by Gasteiger charge is -2.39. The zero-order chi connectivity index (χ0) is 26.9. The van der Waals surface area contributed by atoms with Crippen molar-refractivity contribution in [3.05, 3.63) is 53.6 Å². The second-order valence-corrected chi connectivity index (χ2v) is 10.3. The number of carbonyl (C=O) groups is 4. The number of amides is 3. The van der Waals surface area contributed by atoms with E-state index in [1.165, 1.54) is 18.3 Å². The van der Waals surface area contributed by atoms with Gasteiger partial charge in [0.25, 0.3) is 0 Å². The summed E-state index contributed by atoms with van der Waals surface area (Å²) in [6, 6.07) is 5.18. The van der Waals surface area contributed by atoms with Gasteiger partial charge in [-0.2, -0.15) is 11.8 Å². The number of nitrogens with one attached hydrogen (secondary N) is 3. The third kappa shape index (κ3) is 7.34. The molecule has 0 unspecified atom stereocenters. The van der Waals surface area contributed by atoms with Crippen LogP contribution >= 0.6 is 11.8 Å². The van der Waals surface area contributed by atoms with Crippen LogP contribution in [0.3, 0.4) is 0 Å². The van der Waals surface area contributed by atoms with E-state index in [1.54, 1.807) is 18.0 Å². The minimum absolute atomic E-state index is 0.0551. The molecule has 11 heteroatoms. The Morgan fingerprint density at radius 1 is 1.19 bits per heavy atom. The molecular weight excluding hydrogens is 494 g/mol. The van der Waals surface area contributed by atoms with Gasteiger partial charge in [-0.15, -0.1) is 0 Å². The minimum atomic E-state index is -0.838. The lowest BCUT2D eigenvalue weighted by molar-refractivity contribution is -0.148. The summed E-state index contributed by atoms with van der Waals surface area (Å²) in [4.78, 5) is 60.7. The summed E-state index contributed by atoms with van der Waals surface area (Å²) in [7, 11) is 1.28. The quantitative estimate of drug-likeness (QED) is 0.375. The topological polar surface area (TPSA) is 133 Å². The molecule has 10 nitrogen and oxygen atoms in total. The van der Waals surface area contributed by atoms with Crippen molar-refractivity contribution in [2.75, 3.05) is 19.1 Å². The molecule has 3 N–H and O–H groups in total. The van der Waals surface area contributed by atoms with Crippen molar-refractivity contribution >= 4 is 35.5 Å². The van der Waals surface area contributed by atoms with E-state index in [1.807, 2.05) is 44.4 Å². The first-order chi connectivity index (χ1) is 17.7. The molecule has 37 heavy (non-hydrogen) atoms. The Morgan fingerprint density at radius 3 is 2.54 bits per heavy atom. The SMILES string of the molecule is COC(=O)[C@H](CCSC)NC(=O)[C@@H]1Cc2ccccc2CN1C(=O)[C@@H](NC(=O)Cc1cnc[nH]1)C(C)C. The normalized spacial score (nSPS) is 16.5. The largest absolute Gasteiger partial charge is 0.467 e. The Hall–Kier alpha value is -3.34. The third-order valence-corrected chi connectivity index (χ3v) is 7.05. The molecule has 0 radical (unpaired) electrons. The van der Waals surface area contributed by atoms with Crippen LogP contribution in [0.2, 0.25) is 0 Å². The van der Waals surface area contributed by atoms with Crippen LogP contribution < -0.4 is 10.6 Å². The van der Waals surface area contributed by atoms with Crippen molar-refractivity contribution in [1.29, 1.82) is 0 Å². The number of aromatic nitrogens is 2. The van der Waals surface area contributed by atoms with Gasteiger partial charge in [0.05, 0.1) is 19.9 Å². The van der Waals surface area contributed by atoms with Crippen LogP contribution in [0, 0.1) is 5.92 Å². The van der Waals surface area contributed by atoms with E-state index >= 15 is 0 Å². The third-order valence-electron chi connectivity index (χ3n) is 6.40. The molecule has 0 saturated heterocycles. The average molecular weight is 530 g/mol. The highest BCUT2D eigenvalue weighted by Gasteiger charge is 2.39.